The number of nitrogens with zero attached hydrogens (tertiary/aromatic N) is 2. The fourth-order valence-electron chi connectivity index (χ4n) is 2.35. The second-order valence-corrected chi connectivity index (χ2v) is 8.64. The molecule has 0 aromatic rings. The van der Waals surface area contributed by atoms with Crippen molar-refractivity contribution in [1.82, 2.24) is 8.61 Å². The van der Waals surface area contributed by atoms with Crippen LogP contribution in [0.3, 0.4) is 0 Å². The lowest BCUT2D eigenvalue weighted by Gasteiger charge is -2.42. The smallest absolute Gasteiger partial charge is 0.305 e. The SMILES string of the molecule is CC1CN(S(C)(=O)=O)CC(CC(=O)O)N1S(C)(=O)=O. The highest BCUT2D eigenvalue weighted by Gasteiger charge is 2.41. The Morgan fingerprint density at radius 3 is 2.05 bits per heavy atom. The molecular weight excluding hydrogens is 296 g/mol. The third kappa shape index (κ3) is 4.13. The zero-order valence-electron chi connectivity index (χ0n) is 11.0. The zero-order valence-corrected chi connectivity index (χ0v) is 12.6. The van der Waals surface area contributed by atoms with E-state index in [-0.39, 0.29) is 13.1 Å². The lowest BCUT2D eigenvalue weighted by Crippen LogP contribution is -2.60. The van der Waals surface area contributed by atoms with E-state index in [1.807, 2.05) is 0 Å². The first-order chi connectivity index (χ1) is 8.43. The largest absolute Gasteiger partial charge is 0.481 e. The number of carbonyl (C=O) groups is 1. The molecule has 1 rings (SSSR count). The van der Waals surface area contributed by atoms with Gasteiger partial charge in [-0.15, -0.1) is 0 Å². The fraction of sp³-hybridized carbons (Fsp3) is 0.889. The Morgan fingerprint density at radius 1 is 1.16 bits per heavy atom. The van der Waals surface area contributed by atoms with Crippen LogP contribution in [-0.4, -0.2) is 74.2 Å². The van der Waals surface area contributed by atoms with Gasteiger partial charge in [0.2, 0.25) is 20.0 Å². The Hall–Kier alpha value is -0.710. The number of carboxylic acid groups (broad SMARTS) is 1. The van der Waals surface area contributed by atoms with Gasteiger partial charge in [-0.2, -0.15) is 8.61 Å². The zero-order chi connectivity index (χ0) is 15.0. The van der Waals surface area contributed by atoms with Crippen molar-refractivity contribution < 1.29 is 26.7 Å². The quantitative estimate of drug-likeness (QED) is 0.694. The summed E-state index contributed by atoms with van der Waals surface area (Å²) in [6.45, 7) is 1.46. The van der Waals surface area contributed by atoms with Gasteiger partial charge in [0, 0.05) is 25.2 Å². The van der Waals surface area contributed by atoms with Crippen molar-refractivity contribution in [3.63, 3.8) is 0 Å². The molecule has 112 valence electrons. The van der Waals surface area contributed by atoms with Crippen molar-refractivity contribution in [1.29, 1.82) is 0 Å². The number of aliphatic carboxylic acids is 1. The van der Waals surface area contributed by atoms with E-state index in [1.165, 1.54) is 0 Å². The van der Waals surface area contributed by atoms with Gasteiger partial charge in [-0.25, -0.2) is 16.8 Å². The maximum absolute atomic E-state index is 11.7. The second kappa shape index (κ2) is 5.35. The topological polar surface area (TPSA) is 112 Å². The fourth-order valence-corrected chi connectivity index (χ4v) is 4.68. The molecule has 0 aliphatic carbocycles. The first-order valence-corrected chi connectivity index (χ1v) is 9.28. The summed E-state index contributed by atoms with van der Waals surface area (Å²) in [6, 6.07) is -1.48. The summed E-state index contributed by atoms with van der Waals surface area (Å²) < 4.78 is 48.7. The van der Waals surface area contributed by atoms with Crippen molar-refractivity contribution in [2.24, 2.45) is 0 Å². The molecule has 0 bridgehead atoms. The van der Waals surface area contributed by atoms with Gasteiger partial charge in [0.15, 0.2) is 0 Å². The predicted molar refractivity (Wildman–Crippen MR) is 68.6 cm³/mol. The summed E-state index contributed by atoms with van der Waals surface area (Å²) in [5.74, 6) is -1.17. The van der Waals surface area contributed by atoms with E-state index in [4.69, 9.17) is 5.11 Å². The van der Waals surface area contributed by atoms with Crippen LogP contribution in [0, 0.1) is 0 Å². The number of hydrogen-bond donors (Lipinski definition) is 1. The molecule has 0 saturated carbocycles. The molecule has 1 aliphatic heterocycles. The van der Waals surface area contributed by atoms with Gasteiger partial charge in [0.1, 0.15) is 0 Å². The first kappa shape index (κ1) is 16.3. The van der Waals surface area contributed by atoms with Crippen LogP contribution < -0.4 is 0 Å². The highest BCUT2D eigenvalue weighted by Crippen LogP contribution is 2.23. The normalized spacial score (nSPS) is 27.3. The summed E-state index contributed by atoms with van der Waals surface area (Å²) in [4.78, 5) is 10.8. The summed E-state index contributed by atoms with van der Waals surface area (Å²) >= 11 is 0. The monoisotopic (exact) mass is 314 g/mol. The van der Waals surface area contributed by atoms with Crippen LogP contribution >= 0.6 is 0 Å². The highest BCUT2D eigenvalue weighted by atomic mass is 32.2. The summed E-state index contributed by atoms with van der Waals surface area (Å²) in [7, 11) is -7.07. The molecule has 19 heavy (non-hydrogen) atoms. The Balaban J connectivity index is 3.11. The minimum Gasteiger partial charge on any atom is -0.481 e. The van der Waals surface area contributed by atoms with E-state index < -0.39 is 44.5 Å². The molecule has 0 spiro atoms. The van der Waals surface area contributed by atoms with Gasteiger partial charge in [-0.3, -0.25) is 4.79 Å². The maximum Gasteiger partial charge on any atom is 0.305 e. The molecule has 2 atom stereocenters. The van der Waals surface area contributed by atoms with E-state index in [1.54, 1.807) is 6.92 Å². The molecule has 2 unspecified atom stereocenters. The number of hydrogen-bond acceptors (Lipinski definition) is 5. The van der Waals surface area contributed by atoms with Crippen LogP contribution in [0.4, 0.5) is 0 Å². The van der Waals surface area contributed by atoms with Gasteiger partial charge in [0.25, 0.3) is 0 Å². The molecule has 1 N–H and O–H groups in total. The van der Waals surface area contributed by atoms with Crippen molar-refractivity contribution in [3.05, 3.63) is 0 Å². The molecule has 0 radical (unpaired) electrons. The van der Waals surface area contributed by atoms with Crippen molar-refractivity contribution in [3.8, 4) is 0 Å². The van der Waals surface area contributed by atoms with Crippen LogP contribution in [0.15, 0.2) is 0 Å². The van der Waals surface area contributed by atoms with E-state index in [0.717, 1.165) is 21.1 Å². The Kier molecular flexibility index (Phi) is 4.60. The molecule has 10 heteroatoms. The van der Waals surface area contributed by atoms with Gasteiger partial charge in [-0.05, 0) is 6.92 Å². The van der Waals surface area contributed by atoms with E-state index >= 15 is 0 Å². The number of sulfonamides is 2. The average Bonchev–Trinajstić information content (AvgIpc) is 2.11. The van der Waals surface area contributed by atoms with E-state index in [2.05, 4.69) is 0 Å². The van der Waals surface area contributed by atoms with Crippen LogP contribution in [0.25, 0.3) is 0 Å². The van der Waals surface area contributed by atoms with E-state index in [9.17, 15) is 21.6 Å². The van der Waals surface area contributed by atoms with Crippen LogP contribution in [0.2, 0.25) is 0 Å². The van der Waals surface area contributed by atoms with Crippen molar-refractivity contribution >= 4 is 26.0 Å². The standard InChI is InChI=1S/C9H18N2O6S2/c1-7-5-10(18(2,14)15)6-8(4-9(12)13)11(7)19(3,16)17/h7-8H,4-6H2,1-3H3,(H,12,13). The van der Waals surface area contributed by atoms with Crippen LogP contribution in [-0.2, 0) is 24.8 Å². The third-order valence-corrected chi connectivity index (χ3v) is 5.60. The molecule has 8 nitrogen and oxygen atoms in total. The molecule has 1 saturated heterocycles. The van der Waals surface area contributed by atoms with Crippen LogP contribution in [0.1, 0.15) is 13.3 Å². The van der Waals surface area contributed by atoms with Gasteiger partial charge in [0.05, 0.1) is 18.9 Å². The lowest BCUT2D eigenvalue weighted by molar-refractivity contribution is -0.138. The molecule has 1 fully saturated rings. The molecule has 0 aromatic carbocycles. The van der Waals surface area contributed by atoms with Crippen molar-refractivity contribution in [2.45, 2.75) is 25.4 Å². The number of carboxylic acids is 1. The van der Waals surface area contributed by atoms with Crippen LogP contribution in [0.5, 0.6) is 0 Å². The van der Waals surface area contributed by atoms with E-state index in [0.29, 0.717) is 0 Å². The Bertz CT molecular complexity index is 555. The van der Waals surface area contributed by atoms with Gasteiger partial charge < -0.3 is 5.11 Å². The van der Waals surface area contributed by atoms with Gasteiger partial charge >= 0.3 is 5.97 Å². The lowest BCUT2D eigenvalue weighted by atomic mass is 10.1. The maximum atomic E-state index is 11.7. The molecule has 0 aromatic heterocycles. The van der Waals surface area contributed by atoms with Crippen molar-refractivity contribution in [2.75, 3.05) is 25.6 Å². The minimum absolute atomic E-state index is 0.0298. The second-order valence-electron chi connectivity index (χ2n) is 4.77. The highest BCUT2D eigenvalue weighted by molar-refractivity contribution is 7.88. The summed E-state index contributed by atoms with van der Waals surface area (Å²) in [5.41, 5.74) is 0. The molecule has 1 aliphatic rings. The summed E-state index contributed by atoms with van der Waals surface area (Å²) in [6.07, 6.45) is 1.59. The summed E-state index contributed by atoms with van der Waals surface area (Å²) in [5, 5.41) is 8.84. The first-order valence-electron chi connectivity index (χ1n) is 5.58. The molecular formula is C9H18N2O6S2. The Labute approximate surface area is 113 Å². The molecule has 1 heterocycles. The third-order valence-electron chi connectivity index (χ3n) is 2.94. The predicted octanol–water partition coefficient (Wildman–Crippen LogP) is -1.24. The minimum atomic E-state index is -3.59. The number of piperazine rings is 1. The average molecular weight is 314 g/mol. The number of rotatable bonds is 4. The Morgan fingerprint density at radius 2 is 1.68 bits per heavy atom. The van der Waals surface area contributed by atoms with Gasteiger partial charge in [-0.1, -0.05) is 0 Å². The molecule has 0 amide bonds.